The Morgan fingerprint density at radius 2 is 1.62 bits per heavy atom. The maximum Gasteiger partial charge on any atom is 0.329 e. The number of allylic oxidation sites excluding steroid dienone is 3. The molecule has 0 radical (unpaired) electrons. The molecule has 5 N–H and O–H groups in total. The average molecular weight is 862 g/mol. The van der Waals surface area contributed by atoms with Crippen LogP contribution in [-0.4, -0.2) is 132 Å². The number of hydrogen-bond donors (Lipinski definition) is 5. The number of piperidine rings is 1. The van der Waals surface area contributed by atoms with Crippen LogP contribution >= 0.6 is 0 Å². The number of esters is 1. The first-order valence-electron chi connectivity index (χ1n) is 22.3. The summed E-state index contributed by atoms with van der Waals surface area (Å²) < 4.78 is 30.1. The number of aliphatic hydroxyl groups is 3. The van der Waals surface area contributed by atoms with E-state index in [0.29, 0.717) is 56.9 Å². The van der Waals surface area contributed by atoms with Gasteiger partial charge in [-0.05, 0) is 108 Å². The topological polar surface area (TPSA) is 202 Å². The number of rotatable bonds is 9. The maximum absolute atomic E-state index is 14.5. The number of hydrazine groups is 1. The number of fused-ring (bicyclic) bond motifs is 3. The first-order valence-corrected chi connectivity index (χ1v) is 22.3. The lowest BCUT2D eigenvalue weighted by molar-refractivity contribution is -0.302. The van der Waals surface area contributed by atoms with Gasteiger partial charge in [0.2, 0.25) is 11.7 Å². The summed E-state index contributed by atoms with van der Waals surface area (Å²) in [5.41, 5.74) is 7.61. The quantitative estimate of drug-likeness (QED) is 0.0962. The van der Waals surface area contributed by atoms with Crippen molar-refractivity contribution in [3.8, 4) is 0 Å². The van der Waals surface area contributed by atoms with Gasteiger partial charge in [0.25, 0.3) is 11.7 Å². The zero-order valence-corrected chi connectivity index (χ0v) is 38.0. The summed E-state index contributed by atoms with van der Waals surface area (Å²) in [7, 11) is 4.64. The van der Waals surface area contributed by atoms with E-state index in [-0.39, 0.29) is 55.6 Å². The summed E-state index contributed by atoms with van der Waals surface area (Å²) in [5.74, 6) is -7.46. The Bertz CT molecular complexity index is 1570. The lowest BCUT2D eigenvalue weighted by Gasteiger charge is -2.47. The smallest absolute Gasteiger partial charge is 0.329 e. The molecule has 4 aliphatic rings. The molecule has 0 aromatic rings. The molecule has 0 spiro atoms. The Balaban J connectivity index is 1.83. The van der Waals surface area contributed by atoms with E-state index in [9.17, 15) is 34.5 Å². The van der Waals surface area contributed by atoms with Gasteiger partial charge in [-0.1, -0.05) is 44.6 Å². The lowest BCUT2D eigenvalue weighted by atomic mass is 9.81. The number of aliphatic hydroxyl groups excluding tert-OH is 2. The third kappa shape index (κ3) is 12.8. The van der Waals surface area contributed by atoms with Crippen molar-refractivity contribution < 1.29 is 58.2 Å². The summed E-state index contributed by atoms with van der Waals surface area (Å²) in [5, 5.41) is 34.7. The lowest BCUT2D eigenvalue weighted by Crippen LogP contribution is -2.64. The van der Waals surface area contributed by atoms with E-state index in [0.717, 1.165) is 5.57 Å². The van der Waals surface area contributed by atoms with Crippen LogP contribution in [0.2, 0.25) is 0 Å². The molecule has 3 heterocycles. The summed E-state index contributed by atoms with van der Waals surface area (Å²) in [4.78, 5) is 56.6. The highest BCUT2D eigenvalue weighted by Crippen LogP contribution is 2.39. The molecule has 0 aromatic heterocycles. The van der Waals surface area contributed by atoms with E-state index in [4.69, 9.17) is 23.7 Å². The Hall–Kier alpha value is -3.02. The van der Waals surface area contributed by atoms with Crippen molar-refractivity contribution in [2.45, 2.75) is 173 Å². The zero-order valence-electron chi connectivity index (χ0n) is 38.0. The first-order chi connectivity index (χ1) is 28.9. The van der Waals surface area contributed by atoms with Crippen LogP contribution in [0.1, 0.15) is 112 Å². The number of methoxy groups -OCH3 is 3. The summed E-state index contributed by atoms with van der Waals surface area (Å²) in [6.07, 6.45) is 6.02. The molecule has 1 saturated carbocycles. The Morgan fingerprint density at radius 1 is 0.951 bits per heavy atom. The monoisotopic (exact) mass is 862 g/mol. The van der Waals surface area contributed by atoms with Crippen molar-refractivity contribution in [2.24, 2.45) is 29.6 Å². The van der Waals surface area contributed by atoms with Gasteiger partial charge >= 0.3 is 5.97 Å². The molecule has 61 heavy (non-hydrogen) atoms. The molecular formula is C46H75N3O12. The van der Waals surface area contributed by atoms with Gasteiger partial charge in [0, 0.05) is 52.7 Å². The zero-order chi connectivity index (χ0) is 45.2. The van der Waals surface area contributed by atoms with Crippen LogP contribution in [-0.2, 0) is 42.9 Å². The van der Waals surface area contributed by atoms with Crippen molar-refractivity contribution in [3.05, 3.63) is 36.0 Å². The molecule has 15 atom stereocenters. The van der Waals surface area contributed by atoms with E-state index in [1.165, 1.54) is 26.0 Å². The van der Waals surface area contributed by atoms with Crippen molar-refractivity contribution in [1.29, 1.82) is 0 Å². The van der Waals surface area contributed by atoms with Crippen LogP contribution in [0.4, 0.5) is 0 Å². The van der Waals surface area contributed by atoms with Crippen molar-refractivity contribution >= 4 is 23.6 Å². The molecule has 15 heteroatoms. The van der Waals surface area contributed by atoms with Crippen molar-refractivity contribution in [1.82, 2.24) is 15.8 Å². The number of carbonyl (C=O) groups is 4. The van der Waals surface area contributed by atoms with Gasteiger partial charge in [0.15, 0.2) is 0 Å². The van der Waals surface area contributed by atoms with E-state index in [1.54, 1.807) is 27.0 Å². The summed E-state index contributed by atoms with van der Waals surface area (Å²) >= 11 is 0. The second-order valence-electron chi connectivity index (χ2n) is 18.3. The van der Waals surface area contributed by atoms with Gasteiger partial charge in [-0.2, -0.15) is 0 Å². The van der Waals surface area contributed by atoms with E-state index < -0.39 is 84.0 Å². The van der Waals surface area contributed by atoms with E-state index in [1.807, 2.05) is 19.9 Å². The van der Waals surface area contributed by atoms with Crippen LogP contribution in [0.25, 0.3) is 0 Å². The number of Topliss-reactive ketones (excluding diaryl/α,β-unsaturated/α-hetero) is 1. The molecule has 3 aliphatic heterocycles. The van der Waals surface area contributed by atoms with Gasteiger partial charge in [-0.3, -0.25) is 19.8 Å². The third-order valence-corrected chi connectivity index (χ3v) is 13.5. The second-order valence-corrected chi connectivity index (χ2v) is 18.3. The van der Waals surface area contributed by atoms with Crippen LogP contribution in [0.5, 0.6) is 0 Å². The molecular weight excluding hydrogens is 787 g/mol. The van der Waals surface area contributed by atoms with Crippen molar-refractivity contribution in [3.63, 3.8) is 0 Å². The standard InChI is InChI=1S/C46H75N3O12/c1-11-14-33-20-26(2)19-27(3)21-39(58-9)42-40(59-10)23-29(5)46(56,61-42)43(53)44(54)49-18-13-12-15-35(49)45(55)60-41(30(6)37(52)25-34(33)48-47-31(7)50)28(4)22-32-16-17-36(51)38(24-32)57-8/h11,20,22,27,29-30,32-42,48,51-52,56H,1,12-19,21,23-25H2,2-10H3,(H,47,50)/b26-20+,28-22+/t27-,29+,30+,32-,33+,34?,35-,36+,37-,38+,39-,40-,41+,42+,46+/m0/s1. The third-order valence-electron chi connectivity index (χ3n) is 13.5. The molecule has 2 amide bonds. The molecule has 4 rings (SSSR count). The van der Waals surface area contributed by atoms with E-state index in [2.05, 4.69) is 30.4 Å². The van der Waals surface area contributed by atoms with Gasteiger partial charge in [0.05, 0.1) is 30.5 Å². The van der Waals surface area contributed by atoms with Gasteiger partial charge in [-0.15, -0.1) is 6.58 Å². The number of amides is 2. The molecule has 2 bridgehead atoms. The fourth-order valence-corrected chi connectivity index (χ4v) is 9.98. The number of ether oxygens (including phenoxy) is 5. The van der Waals surface area contributed by atoms with Crippen LogP contribution < -0.4 is 10.9 Å². The molecule has 2 saturated heterocycles. The minimum Gasteiger partial charge on any atom is -0.456 e. The second kappa shape index (κ2) is 23.1. The van der Waals surface area contributed by atoms with Crippen molar-refractivity contribution in [2.75, 3.05) is 27.9 Å². The Labute approximate surface area is 362 Å². The fourth-order valence-electron chi connectivity index (χ4n) is 9.98. The van der Waals surface area contributed by atoms with Gasteiger partial charge < -0.3 is 43.9 Å². The number of nitrogens with one attached hydrogen (secondary N) is 2. The Morgan fingerprint density at radius 3 is 2.26 bits per heavy atom. The minimum absolute atomic E-state index is 0.00830. The SMILES string of the molecule is C=CC[C@@H]1/C=C(\C)C[C@H](C)C[C@H](OC)[C@H]2O[C@@](O)(C(=O)C(=O)N3CCCC[C@H]3C(=O)O[C@H](/C(C)=C/[C@@H]3CC[C@@H](O)[C@H](OC)C3)[C@H](C)[C@@H](O)CC1NNC(C)=O)[C@H](C)C[C@@H]2OC. The van der Waals surface area contributed by atoms with E-state index >= 15 is 0 Å². The average Bonchev–Trinajstić information content (AvgIpc) is 3.23. The largest absolute Gasteiger partial charge is 0.456 e. The normalized spacial score (nSPS) is 40.1. The highest BCUT2D eigenvalue weighted by molar-refractivity contribution is 6.39. The molecule has 0 aromatic carbocycles. The minimum atomic E-state index is -2.51. The van der Waals surface area contributed by atoms with Crippen LogP contribution in [0.15, 0.2) is 36.0 Å². The molecule has 1 unspecified atom stereocenters. The highest BCUT2D eigenvalue weighted by Gasteiger charge is 2.56. The number of carbonyl (C=O) groups excluding carboxylic acids is 4. The van der Waals surface area contributed by atoms with Gasteiger partial charge in [0.1, 0.15) is 18.2 Å². The molecule has 1 aliphatic carbocycles. The molecule has 3 fully saturated rings. The highest BCUT2D eigenvalue weighted by atomic mass is 16.7. The van der Waals surface area contributed by atoms with Crippen LogP contribution in [0.3, 0.4) is 0 Å². The van der Waals surface area contributed by atoms with Gasteiger partial charge in [-0.25, -0.2) is 10.2 Å². The predicted molar refractivity (Wildman–Crippen MR) is 228 cm³/mol. The maximum atomic E-state index is 14.5. The first kappa shape index (κ1) is 50.6. The number of hydrogen-bond acceptors (Lipinski definition) is 13. The Kier molecular flexibility index (Phi) is 19.1. The number of nitrogens with zero attached hydrogens (tertiary/aromatic N) is 1. The predicted octanol–water partition coefficient (Wildman–Crippen LogP) is 4.08. The fraction of sp³-hybridized carbons (Fsp3) is 0.783. The molecule has 15 nitrogen and oxygen atoms in total. The number of ketones is 1. The number of cyclic esters (lactones) is 1. The summed E-state index contributed by atoms with van der Waals surface area (Å²) in [6, 6.07) is -1.61. The molecule has 346 valence electrons. The summed E-state index contributed by atoms with van der Waals surface area (Å²) in [6.45, 7) is 14.9. The van der Waals surface area contributed by atoms with Crippen LogP contribution in [0, 0.1) is 29.6 Å².